The van der Waals surface area contributed by atoms with E-state index in [-0.39, 0.29) is 29.2 Å². The van der Waals surface area contributed by atoms with Gasteiger partial charge in [0.25, 0.3) is 5.56 Å². The van der Waals surface area contributed by atoms with E-state index < -0.39 is 5.56 Å². The van der Waals surface area contributed by atoms with Gasteiger partial charge in [-0.3, -0.25) is 14.2 Å². The molecule has 42 heavy (non-hydrogen) atoms. The van der Waals surface area contributed by atoms with Gasteiger partial charge in [-0.2, -0.15) is 5.26 Å². The Morgan fingerprint density at radius 2 is 1.90 bits per heavy atom. The van der Waals surface area contributed by atoms with E-state index >= 15 is 0 Å². The Morgan fingerprint density at radius 3 is 2.55 bits per heavy atom. The van der Waals surface area contributed by atoms with E-state index in [2.05, 4.69) is 26.5 Å². The van der Waals surface area contributed by atoms with Gasteiger partial charge in [0, 0.05) is 41.6 Å². The fourth-order valence-electron chi connectivity index (χ4n) is 5.83. The highest BCUT2D eigenvalue weighted by atomic mass is 35.5. The Labute approximate surface area is 250 Å². The number of aromatic nitrogens is 1. The summed E-state index contributed by atoms with van der Waals surface area (Å²) < 4.78 is 1.61. The molecule has 214 valence electrons. The summed E-state index contributed by atoms with van der Waals surface area (Å²) in [4.78, 5) is 30.5. The molecule has 0 bridgehead atoms. The number of anilines is 1. The number of phenolic OH excluding ortho intramolecular Hbond substituents is 1. The van der Waals surface area contributed by atoms with Crippen molar-refractivity contribution in [3.8, 4) is 28.6 Å². The Hall–Kier alpha value is -4.54. The average molecular weight is 581 g/mol. The Morgan fingerprint density at radius 1 is 1.17 bits per heavy atom. The van der Waals surface area contributed by atoms with Crippen LogP contribution in [0.25, 0.3) is 27.7 Å². The van der Waals surface area contributed by atoms with E-state index in [9.17, 15) is 20.0 Å². The third-order valence-corrected chi connectivity index (χ3v) is 8.38. The molecule has 1 aliphatic rings. The topological polar surface area (TPSA) is 89.6 Å². The van der Waals surface area contributed by atoms with Crippen LogP contribution in [-0.4, -0.2) is 46.2 Å². The van der Waals surface area contributed by atoms with E-state index in [0.29, 0.717) is 58.1 Å². The lowest BCUT2D eigenvalue weighted by Gasteiger charge is -2.41. The Balaban J connectivity index is 1.86. The largest absolute Gasteiger partial charge is 0.508 e. The van der Waals surface area contributed by atoms with Crippen LogP contribution in [0, 0.1) is 18.3 Å². The summed E-state index contributed by atoms with van der Waals surface area (Å²) in [6.07, 6.45) is 1.30. The highest BCUT2D eigenvalue weighted by Crippen LogP contribution is 2.40. The number of benzene rings is 3. The van der Waals surface area contributed by atoms with E-state index in [4.69, 9.17) is 11.6 Å². The molecule has 0 unspecified atom stereocenters. The molecule has 0 aliphatic carbocycles. The molecule has 1 atom stereocenters. The van der Waals surface area contributed by atoms with Gasteiger partial charge in [0.1, 0.15) is 17.4 Å². The van der Waals surface area contributed by atoms with Crippen molar-refractivity contribution in [1.82, 2.24) is 9.47 Å². The molecule has 1 N–H and O–H groups in total. The van der Waals surface area contributed by atoms with Crippen molar-refractivity contribution in [3.63, 3.8) is 0 Å². The van der Waals surface area contributed by atoms with Crippen LogP contribution in [0.15, 0.2) is 72.0 Å². The zero-order valence-corrected chi connectivity index (χ0v) is 24.9. The second-order valence-corrected chi connectivity index (χ2v) is 11.5. The number of piperazine rings is 1. The van der Waals surface area contributed by atoms with Crippen molar-refractivity contribution in [1.29, 1.82) is 5.26 Å². The number of hydrogen-bond acceptors (Lipinski definition) is 5. The molecule has 8 heteroatoms. The predicted molar refractivity (Wildman–Crippen MR) is 169 cm³/mol. The van der Waals surface area contributed by atoms with Crippen LogP contribution in [0.4, 0.5) is 5.69 Å². The molecule has 4 aromatic rings. The van der Waals surface area contributed by atoms with Crippen LogP contribution in [-0.2, 0) is 4.79 Å². The predicted octanol–water partition coefficient (Wildman–Crippen LogP) is 6.54. The third kappa shape index (κ3) is 4.93. The first-order valence-corrected chi connectivity index (χ1v) is 14.3. The minimum atomic E-state index is -0.426. The molecule has 1 aliphatic heterocycles. The number of hydrogen-bond donors (Lipinski definition) is 1. The van der Waals surface area contributed by atoms with Gasteiger partial charge in [0.15, 0.2) is 0 Å². The molecule has 0 spiro atoms. The smallest absolute Gasteiger partial charge is 0.275 e. The normalized spacial score (nSPS) is 15.2. The first-order valence-electron chi connectivity index (χ1n) is 14.0. The first kappa shape index (κ1) is 29.0. The second-order valence-electron chi connectivity index (χ2n) is 11.1. The molecule has 7 nitrogen and oxygen atoms in total. The lowest BCUT2D eigenvalue weighted by Crippen LogP contribution is -2.54. The first-order chi connectivity index (χ1) is 20.1. The number of carbonyl (C=O) groups is 1. The fraction of sp³-hybridized carbons (Fsp3) is 0.265. The summed E-state index contributed by atoms with van der Waals surface area (Å²) in [5.41, 5.74) is 4.46. The lowest BCUT2D eigenvalue weighted by molar-refractivity contribution is -0.126. The quantitative estimate of drug-likeness (QED) is 0.271. The summed E-state index contributed by atoms with van der Waals surface area (Å²) in [5, 5.41) is 22.0. The fourth-order valence-corrected chi connectivity index (χ4v) is 6.10. The maximum atomic E-state index is 14.4. The molecule has 0 radical (unpaired) electrons. The van der Waals surface area contributed by atoms with Crippen molar-refractivity contribution in [2.75, 3.05) is 24.5 Å². The summed E-state index contributed by atoms with van der Waals surface area (Å²) in [5.74, 6) is 0.110. The molecular formula is C34H33ClN4O3. The van der Waals surface area contributed by atoms with E-state index in [0.717, 1.165) is 11.1 Å². The minimum Gasteiger partial charge on any atom is -0.508 e. The van der Waals surface area contributed by atoms with Gasteiger partial charge in [-0.25, -0.2) is 0 Å². The van der Waals surface area contributed by atoms with E-state index in [1.165, 1.54) is 6.08 Å². The highest BCUT2D eigenvalue weighted by Gasteiger charge is 2.31. The summed E-state index contributed by atoms with van der Waals surface area (Å²) in [6.45, 7) is 12.8. The van der Waals surface area contributed by atoms with Crippen LogP contribution in [0.3, 0.4) is 0 Å². The summed E-state index contributed by atoms with van der Waals surface area (Å²) in [7, 11) is 0. The number of nitriles is 1. The van der Waals surface area contributed by atoms with Crippen molar-refractivity contribution in [2.24, 2.45) is 0 Å². The minimum absolute atomic E-state index is 0.0215. The summed E-state index contributed by atoms with van der Waals surface area (Å²) >= 11 is 6.94. The monoisotopic (exact) mass is 580 g/mol. The lowest BCUT2D eigenvalue weighted by atomic mass is 9.97. The van der Waals surface area contributed by atoms with Crippen molar-refractivity contribution >= 4 is 34.1 Å². The van der Waals surface area contributed by atoms with Gasteiger partial charge in [0.2, 0.25) is 5.91 Å². The van der Waals surface area contributed by atoms with Crippen LogP contribution in [0.2, 0.25) is 5.02 Å². The van der Waals surface area contributed by atoms with E-state index in [1.807, 2.05) is 61.2 Å². The molecule has 3 aromatic carbocycles. The van der Waals surface area contributed by atoms with Gasteiger partial charge >= 0.3 is 0 Å². The third-order valence-electron chi connectivity index (χ3n) is 8.07. The van der Waals surface area contributed by atoms with Gasteiger partial charge in [-0.05, 0) is 66.8 Å². The molecule has 5 rings (SSSR count). The van der Waals surface area contributed by atoms with E-state index in [1.54, 1.807) is 21.6 Å². The van der Waals surface area contributed by atoms with Crippen LogP contribution in [0.1, 0.15) is 43.4 Å². The van der Waals surface area contributed by atoms with Crippen molar-refractivity contribution < 1.29 is 9.90 Å². The SMILES string of the molecule is C=CC(=O)N1CCN(c2c(C#N)c(=O)n(-c3ccccc3C(C)C)c3cc(-c4ccc(C)c(O)c4)c(Cl)cc23)[C@@H](C)C1. The molecule has 0 saturated carbocycles. The van der Waals surface area contributed by atoms with Crippen molar-refractivity contribution in [3.05, 3.63) is 99.3 Å². The van der Waals surface area contributed by atoms with Gasteiger partial charge < -0.3 is 14.9 Å². The molecule has 1 fully saturated rings. The number of halogens is 1. The number of carbonyl (C=O) groups excluding carboxylic acids is 1. The zero-order chi connectivity index (χ0) is 30.3. The van der Waals surface area contributed by atoms with Crippen molar-refractivity contribution in [2.45, 2.75) is 39.7 Å². The number of fused-ring (bicyclic) bond motifs is 1. The molecule has 1 saturated heterocycles. The number of aryl methyl sites for hydroxylation is 1. The second kappa shape index (κ2) is 11.4. The highest BCUT2D eigenvalue weighted by molar-refractivity contribution is 6.34. The molecule has 1 aromatic heterocycles. The van der Waals surface area contributed by atoms with Gasteiger partial charge in [-0.1, -0.05) is 62.4 Å². The number of pyridine rings is 1. The van der Waals surface area contributed by atoms with Crippen LogP contribution < -0.4 is 10.5 Å². The van der Waals surface area contributed by atoms with Gasteiger partial charge in [0.05, 0.1) is 16.9 Å². The number of phenols is 1. The number of nitrogens with zero attached hydrogens (tertiary/aromatic N) is 4. The number of rotatable bonds is 5. The average Bonchev–Trinajstić information content (AvgIpc) is 2.97. The maximum absolute atomic E-state index is 14.4. The standard InChI is InChI=1S/C34H33ClN4O3/c1-6-32(41)37-13-14-38(22(5)19-37)33-26-16-28(35)25(23-12-11-21(4)31(40)15-23)17-30(26)39(34(42)27(33)18-36)29-10-8-7-9-24(29)20(2)3/h6-12,15-17,20,22,40H,1,13-14,19H2,2-5H3/t22-/m0/s1. The number of para-hydroxylation sites is 1. The number of amides is 1. The van der Waals surface area contributed by atoms with Gasteiger partial charge in [-0.15, -0.1) is 0 Å². The molecule has 2 heterocycles. The van der Waals surface area contributed by atoms with Crippen LogP contribution >= 0.6 is 11.6 Å². The van der Waals surface area contributed by atoms with Crippen LogP contribution in [0.5, 0.6) is 5.75 Å². The molecule has 1 amide bonds. The summed E-state index contributed by atoms with van der Waals surface area (Å²) in [6, 6.07) is 18.8. The molecular weight excluding hydrogens is 548 g/mol. The number of aromatic hydroxyl groups is 1. The maximum Gasteiger partial charge on any atom is 0.275 e. The zero-order valence-electron chi connectivity index (χ0n) is 24.2. The Kier molecular flexibility index (Phi) is 7.85. The Bertz CT molecular complexity index is 1840.